The van der Waals surface area contributed by atoms with Crippen LogP contribution in [0, 0.1) is 29.1 Å². The Labute approximate surface area is 101 Å². The van der Waals surface area contributed by atoms with E-state index in [1.54, 1.807) is 0 Å². The van der Waals surface area contributed by atoms with Gasteiger partial charge in [-0.25, -0.2) is 0 Å². The summed E-state index contributed by atoms with van der Waals surface area (Å²) in [5.41, 5.74) is 0.627. The van der Waals surface area contributed by atoms with Crippen molar-refractivity contribution >= 4 is 0 Å². The van der Waals surface area contributed by atoms with Crippen LogP contribution in [-0.4, -0.2) is 13.1 Å². The van der Waals surface area contributed by atoms with Gasteiger partial charge in [0.05, 0.1) is 0 Å². The van der Waals surface area contributed by atoms with E-state index in [9.17, 15) is 0 Å². The lowest BCUT2D eigenvalue weighted by Crippen LogP contribution is -2.39. The number of piperidine rings is 1. The fourth-order valence-electron chi connectivity index (χ4n) is 3.73. The molecule has 0 radical (unpaired) electrons. The SMILES string of the molecule is CC(C)CC1C[C@H]1[C@@H](C)C1(C)CCNCC1. The van der Waals surface area contributed by atoms with E-state index < -0.39 is 0 Å². The van der Waals surface area contributed by atoms with E-state index in [4.69, 9.17) is 0 Å². The molecule has 94 valence electrons. The van der Waals surface area contributed by atoms with Gasteiger partial charge in [-0.1, -0.05) is 27.7 Å². The predicted octanol–water partition coefficient (Wildman–Crippen LogP) is 3.69. The van der Waals surface area contributed by atoms with Gasteiger partial charge in [0.1, 0.15) is 0 Å². The first-order valence-corrected chi connectivity index (χ1v) is 7.23. The summed E-state index contributed by atoms with van der Waals surface area (Å²) in [6, 6.07) is 0. The molecule has 1 N–H and O–H groups in total. The van der Waals surface area contributed by atoms with Crippen LogP contribution in [0.4, 0.5) is 0 Å². The number of rotatable bonds is 4. The average Bonchev–Trinajstić information content (AvgIpc) is 2.96. The van der Waals surface area contributed by atoms with Gasteiger partial charge in [-0.05, 0) is 67.9 Å². The molecular weight excluding hydrogens is 194 g/mol. The van der Waals surface area contributed by atoms with Gasteiger partial charge in [0.2, 0.25) is 0 Å². The molecule has 1 heteroatoms. The Hall–Kier alpha value is -0.0400. The molecule has 1 aliphatic carbocycles. The fraction of sp³-hybridized carbons (Fsp3) is 1.00. The molecule has 16 heavy (non-hydrogen) atoms. The van der Waals surface area contributed by atoms with Crippen molar-refractivity contribution in [1.29, 1.82) is 0 Å². The Morgan fingerprint density at radius 1 is 1.19 bits per heavy atom. The summed E-state index contributed by atoms with van der Waals surface area (Å²) in [6.07, 6.45) is 5.75. The largest absolute Gasteiger partial charge is 0.317 e. The molecule has 1 aliphatic heterocycles. The molecule has 0 aromatic heterocycles. The summed E-state index contributed by atoms with van der Waals surface area (Å²) in [5.74, 6) is 3.94. The Kier molecular flexibility index (Phi) is 3.63. The zero-order chi connectivity index (χ0) is 11.8. The lowest BCUT2D eigenvalue weighted by atomic mass is 9.69. The smallest absolute Gasteiger partial charge is 0.00436 e. The van der Waals surface area contributed by atoms with Crippen molar-refractivity contribution in [2.75, 3.05) is 13.1 Å². The van der Waals surface area contributed by atoms with Gasteiger partial charge in [0.15, 0.2) is 0 Å². The molecule has 2 aliphatic rings. The van der Waals surface area contributed by atoms with E-state index >= 15 is 0 Å². The van der Waals surface area contributed by atoms with Crippen molar-refractivity contribution in [3.05, 3.63) is 0 Å². The van der Waals surface area contributed by atoms with Crippen LogP contribution in [0.1, 0.15) is 53.4 Å². The van der Waals surface area contributed by atoms with Crippen LogP contribution in [0.25, 0.3) is 0 Å². The highest BCUT2D eigenvalue weighted by Crippen LogP contribution is 2.55. The second-order valence-electron chi connectivity index (χ2n) is 6.98. The first-order chi connectivity index (χ1) is 7.53. The van der Waals surface area contributed by atoms with Gasteiger partial charge in [-0.2, -0.15) is 0 Å². The van der Waals surface area contributed by atoms with Gasteiger partial charge >= 0.3 is 0 Å². The molecule has 1 saturated carbocycles. The van der Waals surface area contributed by atoms with E-state index in [2.05, 4.69) is 33.0 Å². The van der Waals surface area contributed by atoms with Crippen LogP contribution < -0.4 is 5.32 Å². The second-order valence-corrected chi connectivity index (χ2v) is 6.98. The first kappa shape index (κ1) is 12.4. The molecule has 0 spiro atoms. The molecule has 0 bridgehead atoms. The zero-order valence-corrected chi connectivity index (χ0v) is 11.6. The average molecular weight is 223 g/mol. The molecule has 1 heterocycles. The standard InChI is InChI=1S/C15H29N/c1-11(2)9-13-10-14(13)12(3)15(4)5-7-16-8-6-15/h11-14,16H,5-10H2,1-4H3/t12-,13?,14+/m1/s1. The van der Waals surface area contributed by atoms with Crippen molar-refractivity contribution < 1.29 is 0 Å². The molecular formula is C15H29N. The van der Waals surface area contributed by atoms with Crippen molar-refractivity contribution in [3.8, 4) is 0 Å². The predicted molar refractivity (Wildman–Crippen MR) is 70.4 cm³/mol. The lowest BCUT2D eigenvalue weighted by molar-refractivity contribution is 0.118. The summed E-state index contributed by atoms with van der Waals surface area (Å²) >= 11 is 0. The van der Waals surface area contributed by atoms with Crippen molar-refractivity contribution in [1.82, 2.24) is 5.32 Å². The monoisotopic (exact) mass is 223 g/mol. The van der Waals surface area contributed by atoms with Crippen LogP contribution in [0.5, 0.6) is 0 Å². The normalized spacial score (nSPS) is 35.1. The van der Waals surface area contributed by atoms with E-state index in [-0.39, 0.29) is 0 Å². The highest BCUT2D eigenvalue weighted by atomic mass is 14.9. The Balaban J connectivity index is 1.86. The van der Waals surface area contributed by atoms with Gasteiger partial charge in [0.25, 0.3) is 0 Å². The first-order valence-electron chi connectivity index (χ1n) is 7.23. The molecule has 2 rings (SSSR count). The highest BCUT2D eigenvalue weighted by Gasteiger charge is 2.47. The van der Waals surface area contributed by atoms with Crippen molar-refractivity contribution in [3.63, 3.8) is 0 Å². The van der Waals surface area contributed by atoms with Crippen molar-refractivity contribution in [2.24, 2.45) is 29.1 Å². The summed E-state index contributed by atoms with van der Waals surface area (Å²) in [7, 11) is 0. The minimum absolute atomic E-state index is 0.627. The van der Waals surface area contributed by atoms with Crippen LogP contribution in [-0.2, 0) is 0 Å². The summed E-state index contributed by atoms with van der Waals surface area (Å²) < 4.78 is 0. The number of nitrogens with one attached hydrogen (secondary N) is 1. The number of hydrogen-bond acceptors (Lipinski definition) is 1. The van der Waals surface area contributed by atoms with E-state index in [1.807, 2.05) is 0 Å². The highest BCUT2D eigenvalue weighted by molar-refractivity contribution is 4.97. The molecule has 1 saturated heterocycles. The van der Waals surface area contributed by atoms with E-state index in [1.165, 1.54) is 38.8 Å². The molecule has 1 unspecified atom stereocenters. The molecule has 0 aromatic carbocycles. The minimum Gasteiger partial charge on any atom is -0.317 e. The quantitative estimate of drug-likeness (QED) is 0.766. The van der Waals surface area contributed by atoms with Crippen LogP contribution in [0.15, 0.2) is 0 Å². The molecule has 1 nitrogen and oxygen atoms in total. The fourth-order valence-corrected chi connectivity index (χ4v) is 3.73. The maximum Gasteiger partial charge on any atom is -0.00436 e. The van der Waals surface area contributed by atoms with E-state index in [0.717, 1.165) is 23.7 Å². The van der Waals surface area contributed by atoms with Gasteiger partial charge in [0, 0.05) is 0 Å². The van der Waals surface area contributed by atoms with Gasteiger partial charge in [-0.3, -0.25) is 0 Å². The minimum atomic E-state index is 0.627. The van der Waals surface area contributed by atoms with Crippen molar-refractivity contribution in [2.45, 2.75) is 53.4 Å². The second kappa shape index (κ2) is 4.68. The molecule has 3 atom stereocenters. The maximum absolute atomic E-state index is 3.50. The topological polar surface area (TPSA) is 12.0 Å². The van der Waals surface area contributed by atoms with Gasteiger partial charge in [-0.15, -0.1) is 0 Å². The Morgan fingerprint density at radius 2 is 1.81 bits per heavy atom. The third-order valence-electron chi connectivity index (χ3n) is 5.24. The maximum atomic E-state index is 3.50. The van der Waals surface area contributed by atoms with Crippen LogP contribution in [0.2, 0.25) is 0 Å². The molecule has 0 aromatic rings. The van der Waals surface area contributed by atoms with Crippen LogP contribution in [0.3, 0.4) is 0 Å². The van der Waals surface area contributed by atoms with E-state index in [0.29, 0.717) is 5.41 Å². The number of hydrogen-bond donors (Lipinski definition) is 1. The summed E-state index contributed by atoms with van der Waals surface area (Å²) in [6.45, 7) is 12.3. The third kappa shape index (κ3) is 2.61. The Bertz CT molecular complexity index is 228. The molecule has 0 amide bonds. The summed E-state index contributed by atoms with van der Waals surface area (Å²) in [5, 5.41) is 3.50. The third-order valence-corrected chi connectivity index (χ3v) is 5.24. The van der Waals surface area contributed by atoms with Crippen LogP contribution >= 0.6 is 0 Å². The Morgan fingerprint density at radius 3 is 2.38 bits per heavy atom. The zero-order valence-electron chi connectivity index (χ0n) is 11.6. The van der Waals surface area contributed by atoms with Gasteiger partial charge < -0.3 is 5.32 Å². The lowest BCUT2D eigenvalue weighted by Gasteiger charge is -2.40. The summed E-state index contributed by atoms with van der Waals surface area (Å²) in [4.78, 5) is 0. The molecule has 2 fully saturated rings.